The second-order valence-electron chi connectivity index (χ2n) is 5.01. The molecule has 3 heteroatoms. The SMILES string of the molecule is COc1cc(C(C)C)c(C(C)(C)O)cc1OC. The normalized spacial score (nSPS) is 11.8. The van der Waals surface area contributed by atoms with Crippen molar-refractivity contribution >= 4 is 0 Å². The van der Waals surface area contributed by atoms with Crippen LogP contribution in [-0.4, -0.2) is 19.3 Å². The lowest BCUT2D eigenvalue weighted by atomic mass is 9.87. The molecule has 0 saturated heterocycles. The van der Waals surface area contributed by atoms with Gasteiger partial charge in [-0.15, -0.1) is 0 Å². The molecular weight excluding hydrogens is 216 g/mol. The third-order valence-electron chi connectivity index (χ3n) is 2.84. The highest BCUT2D eigenvalue weighted by molar-refractivity contribution is 5.50. The summed E-state index contributed by atoms with van der Waals surface area (Å²) >= 11 is 0. The number of methoxy groups -OCH3 is 2. The number of hydrogen-bond acceptors (Lipinski definition) is 3. The van der Waals surface area contributed by atoms with Gasteiger partial charge in [0.1, 0.15) is 0 Å². The largest absolute Gasteiger partial charge is 0.493 e. The molecule has 0 aliphatic rings. The molecule has 0 bridgehead atoms. The zero-order chi connectivity index (χ0) is 13.2. The van der Waals surface area contributed by atoms with E-state index in [0.29, 0.717) is 17.4 Å². The standard InChI is InChI=1S/C14H22O3/c1-9(2)10-7-12(16-5)13(17-6)8-11(10)14(3,4)15/h7-9,15H,1-6H3. The van der Waals surface area contributed by atoms with Crippen LogP contribution in [-0.2, 0) is 5.60 Å². The van der Waals surface area contributed by atoms with Crippen LogP contribution >= 0.6 is 0 Å². The van der Waals surface area contributed by atoms with Crippen molar-refractivity contribution in [2.45, 2.75) is 39.2 Å². The van der Waals surface area contributed by atoms with Crippen LogP contribution in [0.25, 0.3) is 0 Å². The highest BCUT2D eigenvalue weighted by Gasteiger charge is 2.24. The first-order chi connectivity index (χ1) is 7.81. The Morgan fingerprint density at radius 2 is 1.53 bits per heavy atom. The van der Waals surface area contributed by atoms with Crippen molar-refractivity contribution in [2.24, 2.45) is 0 Å². The molecule has 0 spiro atoms. The van der Waals surface area contributed by atoms with Crippen molar-refractivity contribution in [1.29, 1.82) is 0 Å². The topological polar surface area (TPSA) is 38.7 Å². The van der Waals surface area contributed by atoms with Gasteiger partial charge >= 0.3 is 0 Å². The Balaban J connectivity index is 3.46. The summed E-state index contributed by atoms with van der Waals surface area (Å²) in [7, 11) is 3.22. The minimum atomic E-state index is -0.890. The summed E-state index contributed by atoms with van der Waals surface area (Å²) in [5.41, 5.74) is 1.07. The van der Waals surface area contributed by atoms with Crippen molar-refractivity contribution in [2.75, 3.05) is 14.2 Å². The minimum absolute atomic E-state index is 0.316. The molecule has 1 N–H and O–H groups in total. The molecule has 0 amide bonds. The van der Waals surface area contributed by atoms with Crippen LogP contribution in [0.5, 0.6) is 11.5 Å². The number of rotatable bonds is 4. The maximum atomic E-state index is 10.2. The lowest BCUT2D eigenvalue weighted by Gasteiger charge is -2.25. The molecule has 17 heavy (non-hydrogen) atoms. The molecule has 0 saturated carbocycles. The van der Waals surface area contributed by atoms with Crippen LogP contribution < -0.4 is 9.47 Å². The molecule has 0 aliphatic heterocycles. The van der Waals surface area contributed by atoms with Crippen LogP contribution in [0.3, 0.4) is 0 Å². The van der Waals surface area contributed by atoms with E-state index in [0.717, 1.165) is 11.1 Å². The maximum absolute atomic E-state index is 10.2. The summed E-state index contributed by atoms with van der Waals surface area (Å²) < 4.78 is 10.6. The second kappa shape index (κ2) is 4.96. The fraction of sp³-hybridized carbons (Fsp3) is 0.571. The van der Waals surface area contributed by atoms with Gasteiger partial charge in [-0.3, -0.25) is 0 Å². The lowest BCUT2D eigenvalue weighted by molar-refractivity contribution is 0.0770. The second-order valence-corrected chi connectivity index (χ2v) is 5.01. The van der Waals surface area contributed by atoms with Gasteiger partial charge in [-0.05, 0) is 43.0 Å². The minimum Gasteiger partial charge on any atom is -0.493 e. The van der Waals surface area contributed by atoms with Gasteiger partial charge in [0.15, 0.2) is 11.5 Å². The molecule has 3 nitrogen and oxygen atoms in total. The summed E-state index contributed by atoms with van der Waals surface area (Å²) in [5, 5.41) is 10.2. The Morgan fingerprint density at radius 3 is 1.88 bits per heavy atom. The highest BCUT2D eigenvalue weighted by Crippen LogP contribution is 2.38. The predicted molar refractivity (Wildman–Crippen MR) is 68.9 cm³/mol. The Labute approximate surface area is 103 Å². The van der Waals surface area contributed by atoms with E-state index in [1.54, 1.807) is 28.1 Å². The Kier molecular flexibility index (Phi) is 4.04. The van der Waals surface area contributed by atoms with Crippen molar-refractivity contribution in [1.82, 2.24) is 0 Å². The van der Waals surface area contributed by atoms with E-state index in [1.165, 1.54) is 0 Å². The fourth-order valence-electron chi connectivity index (χ4n) is 1.90. The van der Waals surface area contributed by atoms with Crippen molar-refractivity contribution in [3.63, 3.8) is 0 Å². The monoisotopic (exact) mass is 238 g/mol. The van der Waals surface area contributed by atoms with Crippen LogP contribution in [0.4, 0.5) is 0 Å². The molecule has 0 aromatic heterocycles. The van der Waals surface area contributed by atoms with Gasteiger partial charge in [0.2, 0.25) is 0 Å². The quantitative estimate of drug-likeness (QED) is 0.876. The molecule has 0 fully saturated rings. The summed E-state index contributed by atoms with van der Waals surface area (Å²) in [6, 6.07) is 3.80. The highest BCUT2D eigenvalue weighted by atomic mass is 16.5. The number of benzene rings is 1. The molecule has 1 aromatic rings. The average Bonchev–Trinajstić information content (AvgIpc) is 2.25. The van der Waals surface area contributed by atoms with E-state index in [1.807, 2.05) is 12.1 Å². The molecule has 0 unspecified atom stereocenters. The van der Waals surface area contributed by atoms with Gasteiger partial charge in [0.25, 0.3) is 0 Å². The van der Waals surface area contributed by atoms with E-state index in [2.05, 4.69) is 13.8 Å². The van der Waals surface area contributed by atoms with Crippen LogP contribution in [0.2, 0.25) is 0 Å². The predicted octanol–water partition coefficient (Wildman–Crippen LogP) is 3.05. The molecule has 1 aromatic carbocycles. The zero-order valence-electron chi connectivity index (χ0n) is 11.5. The lowest BCUT2D eigenvalue weighted by Crippen LogP contribution is -2.19. The zero-order valence-corrected chi connectivity index (χ0v) is 11.5. The fourth-order valence-corrected chi connectivity index (χ4v) is 1.90. The molecular formula is C14H22O3. The smallest absolute Gasteiger partial charge is 0.161 e. The first-order valence-corrected chi connectivity index (χ1v) is 5.80. The molecule has 0 aliphatic carbocycles. The van der Waals surface area contributed by atoms with E-state index in [4.69, 9.17) is 9.47 Å². The summed E-state index contributed by atoms with van der Waals surface area (Å²) in [4.78, 5) is 0. The number of ether oxygens (including phenoxy) is 2. The van der Waals surface area contributed by atoms with E-state index in [-0.39, 0.29) is 0 Å². The van der Waals surface area contributed by atoms with E-state index in [9.17, 15) is 5.11 Å². The van der Waals surface area contributed by atoms with Crippen LogP contribution in [0.15, 0.2) is 12.1 Å². The molecule has 0 heterocycles. The molecule has 0 radical (unpaired) electrons. The number of hydrogen-bond donors (Lipinski definition) is 1. The van der Waals surface area contributed by atoms with Gasteiger partial charge in [-0.25, -0.2) is 0 Å². The Bertz CT molecular complexity index is 389. The summed E-state index contributed by atoms with van der Waals surface area (Å²) in [5.74, 6) is 1.66. The third kappa shape index (κ3) is 2.91. The number of aliphatic hydroxyl groups is 1. The van der Waals surface area contributed by atoms with Gasteiger partial charge in [-0.2, -0.15) is 0 Å². The molecule has 96 valence electrons. The van der Waals surface area contributed by atoms with Crippen LogP contribution in [0, 0.1) is 0 Å². The van der Waals surface area contributed by atoms with Crippen molar-refractivity contribution < 1.29 is 14.6 Å². The average molecular weight is 238 g/mol. The maximum Gasteiger partial charge on any atom is 0.161 e. The Morgan fingerprint density at radius 1 is 1.06 bits per heavy atom. The molecule has 0 atom stereocenters. The van der Waals surface area contributed by atoms with Gasteiger partial charge in [-0.1, -0.05) is 13.8 Å². The first-order valence-electron chi connectivity index (χ1n) is 5.80. The van der Waals surface area contributed by atoms with Crippen LogP contribution in [0.1, 0.15) is 44.7 Å². The van der Waals surface area contributed by atoms with E-state index >= 15 is 0 Å². The van der Waals surface area contributed by atoms with Crippen molar-refractivity contribution in [3.8, 4) is 11.5 Å². The van der Waals surface area contributed by atoms with Crippen molar-refractivity contribution in [3.05, 3.63) is 23.3 Å². The van der Waals surface area contributed by atoms with Gasteiger partial charge in [0, 0.05) is 0 Å². The summed E-state index contributed by atoms with van der Waals surface area (Å²) in [6.45, 7) is 7.74. The summed E-state index contributed by atoms with van der Waals surface area (Å²) in [6.07, 6.45) is 0. The van der Waals surface area contributed by atoms with Gasteiger partial charge < -0.3 is 14.6 Å². The molecule has 1 rings (SSSR count). The van der Waals surface area contributed by atoms with Gasteiger partial charge in [0.05, 0.1) is 19.8 Å². The Hall–Kier alpha value is -1.22. The first kappa shape index (κ1) is 13.8. The van der Waals surface area contributed by atoms with E-state index < -0.39 is 5.60 Å². The third-order valence-corrected chi connectivity index (χ3v) is 2.84.